The molecule has 0 amide bonds. The maximum Gasteiger partial charge on any atom is 0.124 e. The van der Waals surface area contributed by atoms with Crippen molar-refractivity contribution < 1.29 is 4.74 Å². The Hall–Kier alpha value is -1.51. The SMILES string of the molecule is CC[C@@H](N)c1ccccc1OCc1ccc(C)cc1Cl. The number of nitrogens with two attached hydrogens (primary N) is 1. The normalized spacial score (nSPS) is 12.2. The van der Waals surface area contributed by atoms with Crippen molar-refractivity contribution in [3.05, 3.63) is 64.2 Å². The summed E-state index contributed by atoms with van der Waals surface area (Å²) in [6.45, 7) is 4.54. The lowest BCUT2D eigenvalue weighted by Crippen LogP contribution is -2.10. The zero-order chi connectivity index (χ0) is 14.5. The molecule has 0 aliphatic carbocycles. The average molecular weight is 290 g/mol. The second-order valence-corrected chi connectivity index (χ2v) is 5.34. The van der Waals surface area contributed by atoms with Gasteiger partial charge >= 0.3 is 0 Å². The number of hydrogen-bond donors (Lipinski definition) is 1. The Kier molecular flexibility index (Phi) is 5.05. The molecule has 0 heterocycles. The van der Waals surface area contributed by atoms with Gasteiger partial charge in [0, 0.05) is 22.2 Å². The zero-order valence-corrected chi connectivity index (χ0v) is 12.7. The smallest absolute Gasteiger partial charge is 0.124 e. The van der Waals surface area contributed by atoms with Gasteiger partial charge < -0.3 is 10.5 Å². The van der Waals surface area contributed by atoms with Crippen LogP contribution in [0.3, 0.4) is 0 Å². The van der Waals surface area contributed by atoms with Gasteiger partial charge in [-0.3, -0.25) is 0 Å². The summed E-state index contributed by atoms with van der Waals surface area (Å²) in [6, 6.07) is 13.9. The minimum absolute atomic E-state index is 0.000287. The fourth-order valence-electron chi connectivity index (χ4n) is 2.06. The van der Waals surface area contributed by atoms with Crippen molar-refractivity contribution in [2.24, 2.45) is 5.73 Å². The van der Waals surface area contributed by atoms with Crippen LogP contribution < -0.4 is 10.5 Å². The molecule has 1 atom stereocenters. The van der Waals surface area contributed by atoms with E-state index in [0.717, 1.165) is 33.9 Å². The highest BCUT2D eigenvalue weighted by Gasteiger charge is 2.10. The lowest BCUT2D eigenvalue weighted by atomic mass is 10.0. The van der Waals surface area contributed by atoms with Crippen LogP contribution >= 0.6 is 11.6 Å². The lowest BCUT2D eigenvalue weighted by Gasteiger charge is -2.16. The van der Waals surface area contributed by atoms with Crippen LogP contribution in [0.4, 0.5) is 0 Å². The van der Waals surface area contributed by atoms with Crippen molar-refractivity contribution in [3.8, 4) is 5.75 Å². The van der Waals surface area contributed by atoms with E-state index in [9.17, 15) is 0 Å². The van der Waals surface area contributed by atoms with Gasteiger partial charge in [-0.25, -0.2) is 0 Å². The van der Waals surface area contributed by atoms with Gasteiger partial charge in [0.15, 0.2) is 0 Å². The van der Waals surface area contributed by atoms with Gasteiger partial charge in [-0.15, -0.1) is 0 Å². The molecule has 2 rings (SSSR count). The fourth-order valence-corrected chi connectivity index (χ4v) is 2.35. The van der Waals surface area contributed by atoms with Crippen LogP contribution in [0.25, 0.3) is 0 Å². The van der Waals surface area contributed by atoms with Gasteiger partial charge in [-0.1, -0.05) is 48.9 Å². The van der Waals surface area contributed by atoms with Crippen LogP contribution in [0, 0.1) is 6.92 Å². The van der Waals surface area contributed by atoms with Crippen molar-refractivity contribution in [2.45, 2.75) is 32.9 Å². The molecule has 106 valence electrons. The van der Waals surface area contributed by atoms with Crippen LogP contribution in [-0.2, 0) is 6.61 Å². The summed E-state index contributed by atoms with van der Waals surface area (Å²) in [4.78, 5) is 0. The highest BCUT2D eigenvalue weighted by Crippen LogP contribution is 2.27. The Balaban J connectivity index is 2.15. The Labute approximate surface area is 125 Å². The first kappa shape index (κ1) is 14.9. The molecule has 0 saturated carbocycles. The Morgan fingerprint density at radius 3 is 2.65 bits per heavy atom. The van der Waals surface area contributed by atoms with E-state index in [1.165, 1.54) is 0 Å². The summed E-state index contributed by atoms with van der Waals surface area (Å²) in [5.41, 5.74) is 9.28. The number of ether oxygens (including phenoxy) is 1. The molecule has 0 fully saturated rings. The van der Waals surface area contributed by atoms with Crippen LogP contribution in [0.5, 0.6) is 5.75 Å². The lowest BCUT2D eigenvalue weighted by molar-refractivity contribution is 0.301. The van der Waals surface area contributed by atoms with Crippen LogP contribution in [0.2, 0.25) is 5.02 Å². The van der Waals surface area contributed by atoms with E-state index < -0.39 is 0 Å². The molecule has 2 aromatic rings. The Morgan fingerprint density at radius 2 is 1.95 bits per heavy atom. The van der Waals surface area contributed by atoms with Gasteiger partial charge in [-0.05, 0) is 31.0 Å². The van der Waals surface area contributed by atoms with Gasteiger partial charge in [0.05, 0.1) is 0 Å². The minimum atomic E-state index is -0.000287. The monoisotopic (exact) mass is 289 g/mol. The van der Waals surface area contributed by atoms with Crippen molar-refractivity contribution >= 4 is 11.6 Å². The topological polar surface area (TPSA) is 35.2 Å². The highest BCUT2D eigenvalue weighted by atomic mass is 35.5. The van der Waals surface area contributed by atoms with Gasteiger partial charge in [0.25, 0.3) is 0 Å². The number of rotatable bonds is 5. The summed E-state index contributed by atoms with van der Waals surface area (Å²) >= 11 is 6.22. The Bertz CT molecular complexity index is 583. The Morgan fingerprint density at radius 1 is 1.20 bits per heavy atom. The maximum atomic E-state index is 6.22. The quantitative estimate of drug-likeness (QED) is 0.870. The molecule has 2 aromatic carbocycles. The summed E-state index contributed by atoms with van der Waals surface area (Å²) in [7, 11) is 0. The fraction of sp³-hybridized carbons (Fsp3) is 0.294. The number of hydrogen-bond acceptors (Lipinski definition) is 2. The average Bonchev–Trinajstić information content (AvgIpc) is 2.46. The second kappa shape index (κ2) is 6.78. The first-order chi connectivity index (χ1) is 9.61. The first-order valence-corrected chi connectivity index (χ1v) is 7.22. The third kappa shape index (κ3) is 3.53. The molecule has 2 nitrogen and oxygen atoms in total. The molecule has 0 saturated heterocycles. The molecule has 0 aliphatic heterocycles. The van der Waals surface area contributed by atoms with Gasteiger partial charge in [0.2, 0.25) is 0 Å². The standard InChI is InChI=1S/C17H20ClNO/c1-3-16(19)14-6-4-5-7-17(14)20-11-13-9-8-12(2)10-15(13)18/h4-10,16H,3,11,19H2,1-2H3/t16-/m1/s1. The maximum absolute atomic E-state index is 6.22. The van der Waals surface area contributed by atoms with E-state index in [4.69, 9.17) is 22.1 Å². The van der Waals surface area contributed by atoms with Crippen molar-refractivity contribution in [1.29, 1.82) is 0 Å². The van der Waals surface area contributed by atoms with Gasteiger partial charge in [-0.2, -0.15) is 0 Å². The molecule has 0 unspecified atom stereocenters. The van der Waals surface area contributed by atoms with E-state index in [1.54, 1.807) is 0 Å². The molecule has 20 heavy (non-hydrogen) atoms. The number of para-hydroxylation sites is 1. The minimum Gasteiger partial charge on any atom is -0.489 e. The third-order valence-corrected chi connectivity index (χ3v) is 3.70. The van der Waals surface area contributed by atoms with E-state index in [0.29, 0.717) is 6.61 Å². The summed E-state index contributed by atoms with van der Waals surface area (Å²) in [5.74, 6) is 0.832. The molecular weight excluding hydrogens is 270 g/mol. The van der Waals surface area contributed by atoms with Crippen LogP contribution in [0.15, 0.2) is 42.5 Å². The molecule has 0 spiro atoms. The summed E-state index contributed by atoms with van der Waals surface area (Å²) in [5, 5.41) is 0.738. The molecule has 2 N–H and O–H groups in total. The van der Waals surface area contributed by atoms with Crippen molar-refractivity contribution in [2.75, 3.05) is 0 Å². The molecule has 0 bridgehead atoms. The third-order valence-electron chi connectivity index (χ3n) is 3.35. The number of benzene rings is 2. The van der Waals surface area contributed by atoms with E-state index >= 15 is 0 Å². The van der Waals surface area contributed by atoms with E-state index in [-0.39, 0.29) is 6.04 Å². The molecular formula is C17H20ClNO. The number of aryl methyl sites for hydroxylation is 1. The van der Waals surface area contributed by atoms with Crippen LogP contribution in [-0.4, -0.2) is 0 Å². The van der Waals surface area contributed by atoms with Crippen molar-refractivity contribution in [3.63, 3.8) is 0 Å². The predicted octanol–water partition coefficient (Wildman–Crippen LogP) is 4.64. The molecule has 3 heteroatoms. The summed E-state index contributed by atoms with van der Waals surface area (Å²) in [6.07, 6.45) is 0.881. The summed E-state index contributed by atoms with van der Waals surface area (Å²) < 4.78 is 5.90. The molecule has 0 aromatic heterocycles. The predicted molar refractivity (Wildman–Crippen MR) is 84.2 cm³/mol. The van der Waals surface area contributed by atoms with Crippen molar-refractivity contribution in [1.82, 2.24) is 0 Å². The largest absolute Gasteiger partial charge is 0.489 e. The van der Waals surface area contributed by atoms with E-state index in [2.05, 4.69) is 6.92 Å². The zero-order valence-electron chi connectivity index (χ0n) is 11.9. The number of halogens is 1. The van der Waals surface area contributed by atoms with Gasteiger partial charge in [0.1, 0.15) is 12.4 Å². The highest BCUT2D eigenvalue weighted by molar-refractivity contribution is 6.31. The molecule has 0 aliphatic rings. The first-order valence-electron chi connectivity index (χ1n) is 6.84. The van der Waals surface area contributed by atoms with Crippen LogP contribution in [0.1, 0.15) is 36.1 Å². The van der Waals surface area contributed by atoms with E-state index in [1.807, 2.05) is 49.4 Å². The molecule has 0 radical (unpaired) electrons. The second-order valence-electron chi connectivity index (χ2n) is 4.94.